The zero-order valence-electron chi connectivity index (χ0n) is 8.50. The largest absolute Gasteiger partial charge is 0.481 e. The topological polar surface area (TPSA) is 70.4 Å². The molecule has 0 amide bonds. The number of hydrogen-bond donors (Lipinski definition) is 2. The van der Waals surface area contributed by atoms with E-state index in [-0.39, 0.29) is 6.42 Å². The summed E-state index contributed by atoms with van der Waals surface area (Å²) in [6.45, 7) is 0. The van der Waals surface area contributed by atoms with Crippen LogP contribution < -0.4 is 0 Å². The Hall–Kier alpha value is -1.94. The van der Waals surface area contributed by atoms with Gasteiger partial charge in [-0.2, -0.15) is 0 Å². The molecule has 0 bridgehead atoms. The van der Waals surface area contributed by atoms with Crippen molar-refractivity contribution in [1.29, 1.82) is 0 Å². The van der Waals surface area contributed by atoms with Gasteiger partial charge in [0, 0.05) is 11.6 Å². The van der Waals surface area contributed by atoms with Crippen molar-refractivity contribution in [2.45, 2.75) is 12.5 Å². The fourth-order valence-corrected chi connectivity index (χ4v) is 1.58. The van der Waals surface area contributed by atoms with Crippen molar-refractivity contribution >= 4 is 16.9 Å². The molecule has 0 fully saturated rings. The molecule has 0 saturated carbocycles. The molecule has 2 aromatic rings. The first-order valence-corrected chi connectivity index (χ1v) is 4.91. The second kappa shape index (κ2) is 4.28. The van der Waals surface area contributed by atoms with Crippen LogP contribution in [0.3, 0.4) is 0 Å². The fraction of sp³-hybridized carbons (Fsp3) is 0.167. The van der Waals surface area contributed by atoms with Crippen LogP contribution in [-0.4, -0.2) is 21.2 Å². The lowest BCUT2D eigenvalue weighted by Crippen LogP contribution is -2.05. The number of fused-ring (bicyclic) bond motifs is 1. The van der Waals surface area contributed by atoms with Gasteiger partial charge in [0.1, 0.15) is 0 Å². The number of carbonyl (C=O) groups is 1. The predicted octanol–water partition coefficient (Wildman–Crippen LogP) is 1.74. The number of hydrogen-bond acceptors (Lipinski definition) is 3. The quantitative estimate of drug-likeness (QED) is 0.821. The van der Waals surface area contributed by atoms with Gasteiger partial charge in [-0.25, -0.2) is 0 Å². The number of aliphatic hydroxyl groups is 1. The zero-order chi connectivity index (χ0) is 11.5. The summed E-state index contributed by atoms with van der Waals surface area (Å²) in [6, 6.07) is 8.91. The molecule has 0 aliphatic carbocycles. The number of carboxylic acids is 1. The summed E-state index contributed by atoms with van der Waals surface area (Å²) in [4.78, 5) is 14.6. The van der Waals surface area contributed by atoms with E-state index in [0.29, 0.717) is 5.56 Å². The van der Waals surface area contributed by atoms with Crippen molar-refractivity contribution in [3.63, 3.8) is 0 Å². The molecule has 16 heavy (non-hydrogen) atoms. The van der Waals surface area contributed by atoms with Crippen molar-refractivity contribution in [3.05, 3.63) is 42.1 Å². The minimum atomic E-state index is -1.02. The Balaban J connectivity index is 2.35. The fourth-order valence-electron chi connectivity index (χ4n) is 1.58. The molecule has 2 N–H and O–H groups in total. The van der Waals surface area contributed by atoms with Crippen molar-refractivity contribution < 1.29 is 15.0 Å². The molecule has 1 atom stereocenters. The predicted molar refractivity (Wildman–Crippen MR) is 59.0 cm³/mol. The van der Waals surface area contributed by atoms with Crippen LogP contribution in [0.5, 0.6) is 0 Å². The average Bonchev–Trinajstić information content (AvgIpc) is 2.27. The van der Waals surface area contributed by atoms with Gasteiger partial charge in [-0.1, -0.05) is 12.1 Å². The highest BCUT2D eigenvalue weighted by molar-refractivity contribution is 5.79. The van der Waals surface area contributed by atoms with Gasteiger partial charge in [0.25, 0.3) is 0 Å². The van der Waals surface area contributed by atoms with Crippen molar-refractivity contribution in [2.75, 3.05) is 0 Å². The van der Waals surface area contributed by atoms with E-state index in [9.17, 15) is 9.90 Å². The maximum absolute atomic E-state index is 10.5. The monoisotopic (exact) mass is 217 g/mol. The second-order valence-electron chi connectivity index (χ2n) is 3.57. The number of nitrogens with zero attached hydrogens (tertiary/aromatic N) is 1. The van der Waals surface area contributed by atoms with Crippen LogP contribution in [-0.2, 0) is 4.79 Å². The lowest BCUT2D eigenvalue weighted by molar-refractivity contribution is -0.139. The molecule has 1 aromatic carbocycles. The smallest absolute Gasteiger partial charge is 0.306 e. The first-order chi connectivity index (χ1) is 7.66. The zero-order valence-corrected chi connectivity index (χ0v) is 8.50. The van der Waals surface area contributed by atoms with E-state index in [1.807, 2.05) is 6.07 Å². The number of benzene rings is 1. The molecule has 0 unspecified atom stereocenters. The molecule has 1 heterocycles. The standard InChI is InChI=1S/C12H11NO3/c14-11(7-12(15)16)9-3-4-10-8(6-9)2-1-5-13-10/h1-6,11,14H,7H2,(H,15,16)/t11-/m0/s1. The van der Waals surface area contributed by atoms with Crippen LogP contribution >= 0.6 is 0 Å². The van der Waals surface area contributed by atoms with Crippen LogP contribution in [0.2, 0.25) is 0 Å². The van der Waals surface area contributed by atoms with Crippen LogP contribution in [0.15, 0.2) is 36.5 Å². The Kier molecular flexibility index (Phi) is 2.83. The molecule has 0 spiro atoms. The van der Waals surface area contributed by atoms with Crippen LogP contribution in [0.1, 0.15) is 18.1 Å². The number of aliphatic hydroxyl groups excluding tert-OH is 1. The Labute approximate surface area is 92.2 Å². The van der Waals surface area contributed by atoms with Crippen molar-refractivity contribution in [2.24, 2.45) is 0 Å². The van der Waals surface area contributed by atoms with E-state index in [4.69, 9.17) is 5.11 Å². The van der Waals surface area contributed by atoms with Crippen LogP contribution in [0.25, 0.3) is 10.9 Å². The molecule has 0 aliphatic heterocycles. The summed E-state index contributed by atoms with van der Waals surface area (Å²) >= 11 is 0. The number of pyridine rings is 1. The minimum Gasteiger partial charge on any atom is -0.481 e. The third kappa shape index (κ3) is 2.17. The Bertz CT molecular complexity index is 524. The van der Waals surface area contributed by atoms with Crippen molar-refractivity contribution in [3.8, 4) is 0 Å². The maximum atomic E-state index is 10.5. The summed E-state index contributed by atoms with van der Waals surface area (Å²) in [6.07, 6.45) is 0.434. The lowest BCUT2D eigenvalue weighted by atomic mass is 10.0. The van der Waals surface area contributed by atoms with E-state index in [1.165, 1.54) is 0 Å². The van der Waals surface area contributed by atoms with Crippen LogP contribution in [0.4, 0.5) is 0 Å². The molecule has 1 aromatic heterocycles. The Morgan fingerprint density at radius 1 is 1.38 bits per heavy atom. The average molecular weight is 217 g/mol. The summed E-state index contributed by atoms with van der Waals surface area (Å²) in [5.41, 5.74) is 1.43. The van der Waals surface area contributed by atoms with E-state index in [1.54, 1.807) is 30.5 Å². The van der Waals surface area contributed by atoms with Gasteiger partial charge in [-0.15, -0.1) is 0 Å². The summed E-state index contributed by atoms with van der Waals surface area (Å²) in [5, 5.41) is 19.1. The van der Waals surface area contributed by atoms with E-state index in [0.717, 1.165) is 10.9 Å². The Morgan fingerprint density at radius 3 is 2.94 bits per heavy atom. The molecule has 0 saturated heterocycles. The first kappa shape index (κ1) is 10.6. The third-order valence-corrected chi connectivity index (χ3v) is 2.38. The lowest BCUT2D eigenvalue weighted by Gasteiger charge is -2.08. The second-order valence-corrected chi connectivity index (χ2v) is 3.57. The normalized spacial score (nSPS) is 12.6. The maximum Gasteiger partial charge on any atom is 0.306 e. The number of carboxylic acid groups (broad SMARTS) is 1. The van der Waals surface area contributed by atoms with Crippen LogP contribution in [0, 0.1) is 0 Å². The van der Waals surface area contributed by atoms with Gasteiger partial charge in [0.2, 0.25) is 0 Å². The summed E-state index contributed by atoms with van der Waals surface area (Å²) in [5.74, 6) is -1.02. The van der Waals surface area contributed by atoms with Gasteiger partial charge in [0.05, 0.1) is 18.0 Å². The highest BCUT2D eigenvalue weighted by atomic mass is 16.4. The molecule has 4 nitrogen and oxygen atoms in total. The highest BCUT2D eigenvalue weighted by Gasteiger charge is 2.12. The molecule has 0 aliphatic rings. The molecule has 2 rings (SSSR count). The molecule has 82 valence electrons. The van der Waals surface area contributed by atoms with Gasteiger partial charge in [-0.05, 0) is 23.8 Å². The van der Waals surface area contributed by atoms with E-state index in [2.05, 4.69) is 4.98 Å². The summed E-state index contributed by atoms with van der Waals surface area (Å²) < 4.78 is 0. The number of aliphatic carboxylic acids is 1. The third-order valence-electron chi connectivity index (χ3n) is 2.38. The summed E-state index contributed by atoms with van der Waals surface area (Å²) in [7, 11) is 0. The SMILES string of the molecule is O=C(O)C[C@H](O)c1ccc2ncccc2c1. The van der Waals surface area contributed by atoms with Gasteiger partial charge < -0.3 is 10.2 Å². The van der Waals surface area contributed by atoms with E-state index < -0.39 is 12.1 Å². The highest BCUT2D eigenvalue weighted by Crippen LogP contribution is 2.21. The molecular weight excluding hydrogens is 206 g/mol. The van der Waals surface area contributed by atoms with Gasteiger partial charge in [0.15, 0.2) is 0 Å². The number of rotatable bonds is 3. The van der Waals surface area contributed by atoms with Gasteiger partial charge in [-0.3, -0.25) is 9.78 Å². The Morgan fingerprint density at radius 2 is 2.19 bits per heavy atom. The van der Waals surface area contributed by atoms with Gasteiger partial charge >= 0.3 is 5.97 Å². The van der Waals surface area contributed by atoms with Crippen molar-refractivity contribution in [1.82, 2.24) is 4.98 Å². The van der Waals surface area contributed by atoms with E-state index >= 15 is 0 Å². The molecule has 0 radical (unpaired) electrons. The first-order valence-electron chi connectivity index (χ1n) is 4.91. The molecular formula is C12H11NO3. The molecule has 4 heteroatoms. The minimum absolute atomic E-state index is 0.286. The number of aromatic nitrogens is 1.